The maximum atomic E-state index is 5.53. The van der Waals surface area contributed by atoms with Crippen molar-refractivity contribution in [2.45, 2.75) is 25.3 Å². The van der Waals surface area contributed by atoms with Crippen LogP contribution in [0.1, 0.15) is 30.9 Å². The summed E-state index contributed by atoms with van der Waals surface area (Å²) in [7, 11) is 0. The summed E-state index contributed by atoms with van der Waals surface area (Å²) in [6.45, 7) is 6.17. The third-order valence-electron chi connectivity index (χ3n) is 3.33. The zero-order valence-corrected chi connectivity index (χ0v) is 11.0. The summed E-state index contributed by atoms with van der Waals surface area (Å²) in [5.41, 5.74) is 1.41. The van der Waals surface area contributed by atoms with Crippen molar-refractivity contribution in [2.24, 2.45) is 5.92 Å². The van der Waals surface area contributed by atoms with Crippen LogP contribution in [0.3, 0.4) is 0 Å². The Morgan fingerprint density at radius 2 is 2.06 bits per heavy atom. The summed E-state index contributed by atoms with van der Waals surface area (Å²) in [5.74, 6) is 0.820. The predicted octanol–water partition coefficient (Wildman–Crippen LogP) is 3.32. The van der Waals surface area contributed by atoms with Gasteiger partial charge in [0.1, 0.15) is 0 Å². The van der Waals surface area contributed by atoms with Gasteiger partial charge in [-0.15, -0.1) is 6.58 Å². The van der Waals surface area contributed by atoms with Crippen molar-refractivity contribution < 1.29 is 4.74 Å². The third-order valence-corrected chi connectivity index (χ3v) is 3.33. The van der Waals surface area contributed by atoms with Gasteiger partial charge in [0.2, 0.25) is 0 Å². The molecule has 1 N–H and O–H groups in total. The van der Waals surface area contributed by atoms with Crippen molar-refractivity contribution in [1.29, 1.82) is 0 Å². The van der Waals surface area contributed by atoms with Crippen LogP contribution in [-0.4, -0.2) is 19.8 Å². The molecule has 0 spiro atoms. The van der Waals surface area contributed by atoms with Crippen molar-refractivity contribution in [2.75, 3.05) is 19.8 Å². The summed E-state index contributed by atoms with van der Waals surface area (Å²) < 4.78 is 5.53. The maximum absolute atomic E-state index is 5.53. The van der Waals surface area contributed by atoms with Crippen LogP contribution in [0.15, 0.2) is 43.0 Å². The Morgan fingerprint density at radius 3 is 2.72 bits per heavy atom. The molecule has 0 bridgehead atoms. The molecule has 0 aromatic heterocycles. The fraction of sp³-hybridized carbons (Fsp3) is 0.500. The highest BCUT2D eigenvalue weighted by atomic mass is 16.5. The van der Waals surface area contributed by atoms with Crippen LogP contribution in [-0.2, 0) is 4.74 Å². The molecule has 1 atom stereocenters. The molecule has 0 aliphatic heterocycles. The second-order valence-electron chi connectivity index (χ2n) is 4.87. The predicted molar refractivity (Wildman–Crippen MR) is 75.5 cm³/mol. The maximum Gasteiger partial charge on any atom is 0.0591 e. The Balaban J connectivity index is 1.72. The standard InChI is InChI=1S/C16H23NO/c1-2-3-12-18-13-11-17-16(15-9-10-15)14-7-5-4-6-8-14/h2,4-8,15-17H,1,3,9-13H2. The van der Waals surface area contributed by atoms with Gasteiger partial charge in [-0.1, -0.05) is 36.4 Å². The molecule has 0 amide bonds. The van der Waals surface area contributed by atoms with Crippen molar-refractivity contribution in [3.8, 4) is 0 Å². The summed E-state index contributed by atoms with van der Waals surface area (Å²) in [6, 6.07) is 11.3. The number of hydrogen-bond donors (Lipinski definition) is 1. The minimum absolute atomic E-state index is 0.509. The summed E-state index contributed by atoms with van der Waals surface area (Å²) in [4.78, 5) is 0. The van der Waals surface area contributed by atoms with E-state index in [-0.39, 0.29) is 0 Å². The molecule has 2 rings (SSSR count). The van der Waals surface area contributed by atoms with Gasteiger partial charge in [-0.2, -0.15) is 0 Å². The van der Waals surface area contributed by atoms with Crippen LogP contribution in [0, 0.1) is 5.92 Å². The topological polar surface area (TPSA) is 21.3 Å². The highest BCUT2D eigenvalue weighted by Gasteiger charge is 2.31. The smallest absolute Gasteiger partial charge is 0.0591 e. The van der Waals surface area contributed by atoms with Crippen molar-refractivity contribution >= 4 is 0 Å². The fourth-order valence-electron chi connectivity index (χ4n) is 2.20. The SMILES string of the molecule is C=CCCOCCNC(c1ccccc1)C1CC1. The molecule has 1 aliphatic rings. The highest BCUT2D eigenvalue weighted by molar-refractivity contribution is 5.21. The number of ether oxygens (including phenoxy) is 1. The average molecular weight is 245 g/mol. The molecular weight excluding hydrogens is 222 g/mol. The van der Waals surface area contributed by atoms with Crippen LogP contribution in [0.4, 0.5) is 0 Å². The quantitative estimate of drug-likeness (QED) is 0.532. The first-order valence-corrected chi connectivity index (χ1v) is 6.89. The van der Waals surface area contributed by atoms with Crippen LogP contribution >= 0.6 is 0 Å². The number of nitrogens with one attached hydrogen (secondary N) is 1. The first-order chi connectivity index (χ1) is 8.92. The molecule has 1 fully saturated rings. The molecule has 1 aromatic carbocycles. The van der Waals surface area contributed by atoms with E-state index in [1.54, 1.807) is 0 Å². The molecule has 0 saturated heterocycles. The second-order valence-corrected chi connectivity index (χ2v) is 4.87. The summed E-state index contributed by atoms with van der Waals surface area (Å²) >= 11 is 0. The fourth-order valence-corrected chi connectivity index (χ4v) is 2.20. The Labute approximate surface area is 110 Å². The molecule has 1 saturated carbocycles. The minimum Gasteiger partial charge on any atom is -0.380 e. The lowest BCUT2D eigenvalue weighted by Gasteiger charge is -2.18. The van der Waals surface area contributed by atoms with Gasteiger partial charge in [0, 0.05) is 12.6 Å². The normalized spacial score (nSPS) is 16.4. The molecule has 18 heavy (non-hydrogen) atoms. The minimum atomic E-state index is 0.509. The first-order valence-electron chi connectivity index (χ1n) is 6.89. The van der Waals surface area contributed by atoms with Crippen LogP contribution in [0.2, 0.25) is 0 Å². The summed E-state index contributed by atoms with van der Waals surface area (Å²) in [6.07, 6.45) is 5.53. The van der Waals surface area contributed by atoms with Gasteiger partial charge in [-0.05, 0) is 30.7 Å². The molecule has 1 unspecified atom stereocenters. The van der Waals surface area contributed by atoms with Gasteiger partial charge in [0.25, 0.3) is 0 Å². The van der Waals surface area contributed by atoms with E-state index in [1.807, 2.05) is 6.08 Å². The van der Waals surface area contributed by atoms with Crippen LogP contribution in [0.25, 0.3) is 0 Å². The van der Waals surface area contributed by atoms with E-state index >= 15 is 0 Å². The highest BCUT2D eigenvalue weighted by Crippen LogP contribution is 2.40. The molecule has 1 aromatic rings. The lowest BCUT2D eigenvalue weighted by Crippen LogP contribution is -2.26. The van der Waals surface area contributed by atoms with Gasteiger partial charge >= 0.3 is 0 Å². The van der Waals surface area contributed by atoms with E-state index in [9.17, 15) is 0 Å². The van der Waals surface area contributed by atoms with Crippen LogP contribution in [0.5, 0.6) is 0 Å². The number of rotatable bonds is 9. The van der Waals surface area contributed by atoms with E-state index in [1.165, 1.54) is 18.4 Å². The monoisotopic (exact) mass is 245 g/mol. The Bertz CT molecular complexity index is 345. The molecule has 0 heterocycles. The zero-order chi connectivity index (χ0) is 12.6. The van der Waals surface area contributed by atoms with Crippen molar-refractivity contribution in [1.82, 2.24) is 5.32 Å². The summed E-state index contributed by atoms with van der Waals surface area (Å²) in [5, 5.41) is 3.62. The van der Waals surface area contributed by atoms with Gasteiger partial charge in [0.05, 0.1) is 13.2 Å². The average Bonchev–Trinajstić information content (AvgIpc) is 3.23. The second kappa shape index (κ2) is 7.34. The lowest BCUT2D eigenvalue weighted by molar-refractivity contribution is 0.137. The van der Waals surface area contributed by atoms with E-state index in [0.29, 0.717) is 6.04 Å². The molecule has 1 aliphatic carbocycles. The Kier molecular flexibility index (Phi) is 5.43. The molecular formula is C16H23NO. The number of hydrogen-bond acceptors (Lipinski definition) is 2. The van der Waals surface area contributed by atoms with Crippen LogP contribution < -0.4 is 5.32 Å². The van der Waals surface area contributed by atoms with Gasteiger partial charge in [-0.3, -0.25) is 0 Å². The number of benzene rings is 1. The van der Waals surface area contributed by atoms with Gasteiger partial charge in [-0.25, -0.2) is 0 Å². The van der Waals surface area contributed by atoms with Gasteiger partial charge in [0.15, 0.2) is 0 Å². The molecule has 2 heteroatoms. The first kappa shape index (κ1) is 13.3. The van der Waals surface area contributed by atoms with Crippen molar-refractivity contribution in [3.63, 3.8) is 0 Å². The molecule has 0 radical (unpaired) electrons. The van der Waals surface area contributed by atoms with Gasteiger partial charge < -0.3 is 10.1 Å². The van der Waals surface area contributed by atoms with E-state index < -0.39 is 0 Å². The third kappa shape index (κ3) is 4.28. The largest absolute Gasteiger partial charge is 0.380 e. The Hall–Kier alpha value is -1.12. The molecule has 98 valence electrons. The van der Waals surface area contributed by atoms with Crippen molar-refractivity contribution in [3.05, 3.63) is 48.6 Å². The Morgan fingerprint density at radius 1 is 1.28 bits per heavy atom. The molecule has 2 nitrogen and oxygen atoms in total. The van der Waals surface area contributed by atoms with E-state index in [4.69, 9.17) is 4.74 Å². The van der Waals surface area contributed by atoms with E-state index in [2.05, 4.69) is 42.2 Å². The lowest BCUT2D eigenvalue weighted by atomic mass is 10.0. The zero-order valence-electron chi connectivity index (χ0n) is 11.0. The van der Waals surface area contributed by atoms with E-state index in [0.717, 1.165) is 32.1 Å².